The van der Waals surface area contributed by atoms with E-state index < -0.39 is 0 Å². The third kappa shape index (κ3) is 3.40. The van der Waals surface area contributed by atoms with E-state index in [4.69, 9.17) is 27.9 Å². The normalized spacial score (nSPS) is 10.6. The van der Waals surface area contributed by atoms with Crippen LogP contribution in [0.4, 0.5) is 4.39 Å². The molecular weight excluding hydrogens is 286 g/mol. The standard InChI is InChI=1S/C15H13Cl2FO/c1-9-3-12(17)4-10(2)15(9)19-14-6-11(8-16)5-13(18)7-14/h3-7H,8H2,1-2H3. The van der Waals surface area contributed by atoms with Gasteiger partial charge in [0.05, 0.1) is 0 Å². The van der Waals surface area contributed by atoms with Crippen molar-refractivity contribution in [1.29, 1.82) is 0 Å². The summed E-state index contributed by atoms with van der Waals surface area (Å²) in [6.45, 7) is 3.80. The van der Waals surface area contributed by atoms with Crippen molar-refractivity contribution in [2.75, 3.05) is 0 Å². The number of hydrogen-bond donors (Lipinski definition) is 0. The summed E-state index contributed by atoms with van der Waals surface area (Å²) in [7, 11) is 0. The molecule has 100 valence electrons. The first-order valence-electron chi connectivity index (χ1n) is 5.79. The Kier molecular flexibility index (Phi) is 4.33. The Morgan fingerprint density at radius 2 is 1.68 bits per heavy atom. The minimum atomic E-state index is -0.364. The van der Waals surface area contributed by atoms with Crippen molar-refractivity contribution in [3.05, 3.63) is 57.9 Å². The first kappa shape index (κ1) is 14.2. The van der Waals surface area contributed by atoms with E-state index in [0.29, 0.717) is 22.1 Å². The van der Waals surface area contributed by atoms with E-state index in [9.17, 15) is 4.39 Å². The van der Waals surface area contributed by atoms with Crippen LogP contribution in [0.2, 0.25) is 5.02 Å². The number of hydrogen-bond acceptors (Lipinski definition) is 1. The molecule has 0 radical (unpaired) electrons. The van der Waals surface area contributed by atoms with E-state index in [1.54, 1.807) is 6.07 Å². The quantitative estimate of drug-likeness (QED) is 0.668. The van der Waals surface area contributed by atoms with Crippen molar-refractivity contribution in [2.24, 2.45) is 0 Å². The molecule has 19 heavy (non-hydrogen) atoms. The molecule has 0 unspecified atom stereocenters. The summed E-state index contributed by atoms with van der Waals surface area (Å²) in [5.74, 6) is 1.00. The van der Waals surface area contributed by atoms with Crippen molar-refractivity contribution in [3.8, 4) is 11.5 Å². The summed E-state index contributed by atoms with van der Waals surface area (Å²) < 4.78 is 19.2. The average Bonchev–Trinajstić information content (AvgIpc) is 2.33. The van der Waals surface area contributed by atoms with Gasteiger partial charge in [-0.1, -0.05) is 11.6 Å². The summed E-state index contributed by atoms with van der Waals surface area (Å²) in [5, 5.41) is 0.656. The molecule has 0 heterocycles. The second-order valence-corrected chi connectivity index (χ2v) is 5.10. The van der Waals surface area contributed by atoms with Gasteiger partial charge >= 0.3 is 0 Å². The lowest BCUT2D eigenvalue weighted by molar-refractivity contribution is 0.469. The van der Waals surface area contributed by atoms with Crippen molar-refractivity contribution >= 4 is 23.2 Å². The lowest BCUT2D eigenvalue weighted by atomic mass is 10.1. The monoisotopic (exact) mass is 298 g/mol. The highest BCUT2D eigenvalue weighted by molar-refractivity contribution is 6.30. The second-order valence-electron chi connectivity index (χ2n) is 4.40. The summed E-state index contributed by atoms with van der Waals surface area (Å²) in [6, 6.07) is 8.08. The second kappa shape index (κ2) is 5.81. The fourth-order valence-electron chi connectivity index (χ4n) is 1.93. The third-order valence-corrected chi connectivity index (χ3v) is 3.26. The number of rotatable bonds is 3. The van der Waals surface area contributed by atoms with Crippen molar-refractivity contribution in [2.45, 2.75) is 19.7 Å². The summed E-state index contributed by atoms with van der Waals surface area (Å²) in [6.07, 6.45) is 0. The molecule has 4 heteroatoms. The summed E-state index contributed by atoms with van der Waals surface area (Å²) in [4.78, 5) is 0. The molecule has 0 saturated carbocycles. The smallest absolute Gasteiger partial charge is 0.133 e. The molecule has 0 amide bonds. The van der Waals surface area contributed by atoms with Crippen LogP contribution in [-0.2, 0) is 5.88 Å². The van der Waals surface area contributed by atoms with Crippen molar-refractivity contribution < 1.29 is 9.13 Å². The molecule has 0 spiro atoms. The van der Waals surface area contributed by atoms with Gasteiger partial charge in [-0.2, -0.15) is 0 Å². The van der Waals surface area contributed by atoms with E-state index in [-0.39, 0.29) is 11.7 Å². The maximum atomic E-state index is 13.4. The molecule has 1 nitrogen and oxygen atoms in total. The van der Waals surface area contributed by atoms with Crippen molar-refractivity contribution in [3.63, 3.8) is 0 Å². The highest BCUT2D eigenvalue weighted by atomic mass is 35.5. The lowest BCUT2D eigenvalue weighted by Gasteiger charge is -2.13. The first-order chi connectivity index (χ1) is 8.99. The molecule has 0 aliphatic rings. The Balaban J connectivity index is 2.39. The van der Waals surface area contributed by atoms with Crippen LogP contribution in [0, 0.1) is 19.7 Å². The van der Waals surface area contributed by atoms with Gasteiger partial charge in [-0.15, -0.1) is 11.6 Å². The number of aryl methyl sites for hydroxylation is 2. The molecule has 2 aromatic carbocycles. The van der Waals surface area contributed by atoms with Crippen LogP contribution >= 0.6 is 23.2 Å². The van der Waals surface area contributed by atoms with Gasteiger partial charge in [0, 0.05) is 17.0 Å². The fraction of sp³-hybridized carbons (Fsp3) is 0.200. The van der Waals surface area contributed by atoms with Gasteiger partial charge in [0.25, 0.3) is 0 Å². The van der Waals surface area contributed by atoms with E-state index in [0.717, 1.165) is 11.1 Å². The molecule has 0 aliphatic heterocycles. The zero-order chi connectivity index (χ0) is 14.0. The van der Waals surface area contributed by atoms with Crippen LogP contribution in [-0.4, -0.2) is 0 Å². The van der Waals surface area contributed by atoms with Crippen molar-refractivity contribution in [1.82, 2.24) is 0 Å². The Morgan fingerprint density at radius 3 is 2.26 bits per heavy atom. The zero-order valence-electron chi connectivity index (χ0n) is 10.6. The summed E-state index contributed by atoms with van der Waals surface area (Å²) in [5.41, 5.74) is 2.49. The highest BCUT2D eigenvalue weighted by Crippen LogP contribution is 2.32. The average molecular weight is 299 g/mol. The molecule has 0 N–H and O–H groups in total. The van der Waals surface area contributed by atoms with Gasteiger partial charge in [0.1, 0.15) is 17.3 Å². The molecule has 0 atom stereocenters. The van der Waals surface area contributed by atoms with Crippen LogP contribution in [0.3, 0.4) is 0 Å². The molecule has 0 saturated heterocycles. The van der Waals surface area contributed by atoms with Crippen LogP contribution < -0.4 is 4.74 Å². The van der Waals surface area contributed by atoms with Gasteiger partial charge in [-0.25, -0.2) is 4.39 Å². The molecule has 0 aliphatic carbocycles. The number of benzene rings is 2. The van der Waals surface area contributed by atoms with E-state index in [1.807, 2.05) is 26.0 Å². The Morgan fingerprint density at radius 1 is 1.05 bits per heavy atom. The van der Waals surface area contributed by atoms with Gasteiger partial charge in [-0.3, -0.25) is 0 Å². The fourth-order valence-corrected chi connectivity index (χ4v) is 2.41. The third-order valence-electron chi connectivity index (χ3n) is 2.73. The van der Waals surface area contributed by atoms with E-state index in [2.05, 4.69) is 0 Å². The van der Waals surface area contributed by atoms with Gasteiger partial charge in [0.15, 0.2) is 0 Å². The zero-order valence-corrected chi connectivity index (χ0v) is 12.1. The summed E-state index contributed by atoms with van der Waals surface area (Å²) >= 11 is 11.7. The molecule has 0 aromatic heterocycles. The molecule has 2 rings (SSSR count). The Bertz CT molecular complexity index is 588. The highest BCUT2D eigenvalue weighted by Gasteiger charge is 2.09. The maximum absolute atomic E-state index is 13.4. The van der Waals surface area contributed by atoms with E-state index in [1.165, 1.54) is 12.1 Å². The predicted octanol–water partition coefficient (Wildman–Crippen LogP) is 5.63. The van der Waals surface area contributed by atoms with Crippen LogP contribution in [0.15, 0.2) is 30.3 Å². The number of alkyl halides is 1. The number of halogens is 3. The maximum Gasteiger partial charge on any atom is 0.133 e. The number of ether oxygens (including phenoxy) is 1. The molecule has 2 aromatic rings. The van der Waals surface area contributed by atoms with Gasteiger partial charge in [-0.05, 0) is 54.8 Å². The predicted molar refractivity (Wildman–Crippen MR) is 77.0 cm³/mol. The molecular formula is C15H13Cl2FO. The largest absolute Gasteiger partial charge is 0.457 e. The Hall–Kier alpha value is -1.25. The molecule has 0 fully saturated rings. The van der Waals surface area contributed by atoms with Gasteiger partial charge in [0.2, 0.25) is 0 Å². The van der Waals surface area contributed by atoms with E-state index >= 15 is 0 Å². The van der Waals surface area contributed by atoms with Crippen LogP contribution in [0.5, 0.6) is 11.5 Å². The lowest BCUT2D eigenvalue weighted by Crippen LogP contribution is -1.93. The first-order valence-corrected chi connectivity index (χ1v) is 6.71. The minimum Gasteiger partial charge on any atom is -0.457 e. The Labute approximate surface area is 121 Å². The van der Waals surface area contributed by atoms with Gasteiger partial charge < -0.3 is 4.74 Å². The topological polar surface area (TPSA) is 9.23 Å². The van der Waals surface area contributed by atoms with Crippen LogP contribution in [0.25, 0.3) is 0 Å². The SMILES string of the molecule is Cc1cc(Cl)cc(C)c1Oc1cc(F)cc(CCl)c1. The van der Waals surface area contributed by atoms with Crippen LogP contribution in [0.1, 0.15) is 16.7 Å². The minimum absolute atomic E-state index is 0.243. The molecule has 0 bridgehead atoms.